The summed E-state index contributed by atoms with van der Waals surface area (Å²) in [6, 6.07) is 11.0. The van der Waals surface area contributed by atoms with Crippen molar-refractivity contribution in [1.29, 1.82) is 5.26 Å². The van der Waals surface area contributed by atoms with Gasteiger partial charge in [-0.25, -0.2) is 4.98 Å². The first-order chi connectivity index (χ1) is 9.52. The van der Waals surface area contributed by atoms with Crippen LogP contribution < -0.4 is 5.32 Å². The van der Waals surface area contributed by atoms with E-state index in [1.54, 1.807) is 27.1 Å². The van der Waals surface area contributed by atoms with Crippen LogP contribution in [0.4, 0.5) is 5.82 Å². The summed E-state index contributed by atoms with van der Waals surface area (Å²) in [7, 11) is 3.39. The standard InChI is InChI=1S/C15H16N4O/c1-10(15(20)19(2)3)17-14-12(9-16)8-11-6-4-5-7-13(11)18-14/h4-8,10H,1-3H3,(H,17,18). The van der Waals surface area contributed by atoms with Crippen molar-refractivity contribution in [3.63, 3.8) is 0 Å². The van der Waals surface area contributed by atoms with E-state index in [9.17, 15) is 10.1 Å². The molecule has 102 valence electrons. The zero-order valence-electron chi connectivity index (χ0n) is 11.7. The monoisotopic (exact) mass is 268 g/mol. The van der Waals surface area contributed by atoms with E-state index < -0.39 is 6.04 Å². The number of nitrogens with one attached hydrogen (secondary N) is 1. The smallest absolute Gasteiger partial charge is 0.244 e. The number of amides is 1. The minimum atomic E-state index is -0.439. The van der Waals surface area contributed by atoms with Gasteiger partial charge in [-0.3, -0.25) is 4.79 Å². The second-order valence-electron chi connectivity index (χ2n) is 4.79. The van der Waals surface area contributed by atoms with Gasteiger partial charge in [-0.15, -0.1) is 0 Å². The van der Waals surface area contributed by atoms with Crippen molar-refractivity contribution < 1.29 is 4.79 Å². The molecule has 0 aliphatic heterocycles. The Balaban J connectivity index is 2.38. The molecule has 0 aliphatic rings. The molecule has 20 heavy (non-hydrogen) atoms. The van der Waals surface area contributed by atoms with Gasteiger partial charge in [0.1, 0.15) is 17.9 Å². The van der Waals surface area contributed by atoms with Crippen LogP contribution in [-0.4, -0.2) is 35.9 Å². The maximum atomic E-state index is 11.9. The van der Waals surface area contributed by atoms with E-state index in [1.165, 1.54) is 4.90 Å². The molecular weight excluding hydrogens is 252 g/mol. The molecule has 0 spiro atoms. The van der Waals surface area contributed by atoms with Gasteiger partial charge in [0.15, 0.2) is 0 Å². The Bertz CT molecular complexity index is 688. The molecule has 1 aromatic heterocycles. The van der Waals surface area contributed by atoms with Crippen molar-refractivity contribution in [1.82, 2.24) is 9.88 Å². The normalized spacial score (nSPS) is 11.7. The van der Waals surface area contributed by atoms with Crippen molar-refractivity contribution in [2.75, 3.05) is 19.4 Å². The number of pyridine rings is 1. The number of carbonyl (C=O) groups is 1. The molecular formula is C15H16N4O. The fourth-order valence-corrected chi connectivity index (χ4v) is 1.97. The molecule has 2 rings (SSSR count). The first-order valence-corrected chi connectivity index (χ1v) is 6.30. The quantitative estimate of drug-likeness (QED) is 0.924. The number of nitriles is 1. The lowest BCUT2D eigenvalue weighted by atomic mass is 10.1. The summed E-state index contributed by atoms with van der Waals surface area (Å²) in [4.78, 5) is 17.8. The van der Waals surface area contributed by atoms with E-state index in [1.807, 2.05) is 24.3 Å². The Labute approximate surface area is 117 Å². The van der Waals surface area contributed by atoms with Crippen LogP contribution in [0.25, 0.3) is 10.9 Å². The van der Waals surface area contributed by atoms with Crippen molar-refractivity contribution >= 4 is 22.6 Å². The van der Waals surface area contributed by atoms with Gasteiger partial charge in [0, 0.05) is 19.5 Å². The summed E-state index contributed by atoms with van der Waals surface area (Å²) >= 11 is 0. The van der Waals surface area contributed by atoms with Crippen LogP contribution >= 0.6 is 0 Å². The van der Waals surface area contributed by atoms with Gasteiger partial charge in [-0.2, -0.15) is 5.26 Å². The molecule has 2 aromatic rings. The highest BCUT2D eigenvalue weighted by Crippen LogP contribution is 2.20. The van der Waals surface area contributed by atoms with Crippen LogP contribution in [0, 0.1) is 11.3 Å². The Hall–Kier alpha value is -2.61. The summed E-state index contributed by atoms with van der Waals surface area (Å²) in [5, 5.41) is 13.1. The minimum Gasteiger partial charge on any atom is -0.358 e. The molecule has 0 bridgehead atoms. The first-order valence-electron chi connectivity index (χ1n) is 6.30. The number of anilines is 1. The van der Waals surface area contributed by atoms with E-state index in [2.05, 4.69) is 16.4 Å². The van der Waals surface area contributed by atoms with Crippen LogP contribution in [0.2, 0.25) is 0 Å². The Morgan fingerprint density at radius 3 is 2.75 bits per heavy atom. The second kappa shape index (κ2) is 5.57. The molecule has 1 amide bonds. The van der Waals surface area contributed by atoms with Crippen molar-refractivity contribution in [2.45, 2.75) is 13.0 Å². The molecule has 1 heterocycles. The third-order valence-corrected chi connectivity index (χ3v) is 3.01. The molecule has 1 unspecified atom stereocenters. The van der Waals surface area contributed by atoms with Gasteiger partial charge in [0.2, 0.25) is 5.91 Å². The van der Waals surface area contributed by atoms with E-state index in [-0.39, 0.29) is 5.91 Å². The van der Waals surface area contributed by atoms with Gasteiger partial charge in [-0.1, -0.05) is 18.2 Å². The molecule has 0 saturated heterocycles. The molecule has 0 saturated carbocycles. The highest BCUT2D eigenvalue weighted by Gasteiger charge is 2.17. The summed E-state index contributed by atoms with van der Waals surface area (Å²) in [5.41, 5.74) is 1.22. The highest BCUT2D eigenvalue weighted by molar-refractivity contribution is 5.86. The highest BCUT2D eigenvalue weighted by atomic mass is 16.2. The summed E-state index contributed by atoms with van der Waals surface area (Å²) in [6.07, 6.45) is 0. The Kier molecular flexibility index (Phi) is 3.85. The number of rotatable bonds is 3. The predicted octanol–water partition coefficient (Wildman–Crippen LogP) is 2.00. The lowest BCUT2D eigenvalue weighted by Crippen LogP contribution is -2.37. The van der Waals surface area contributed by atoms with Crippen LogP contribution in [0.3, 0.4) is 0 Å². The third kappa shape index (κ3) is 2.69. The summed E-state index contributed by atoms with van der Waals surface area (Å²) < 4.78 is 0. The molecule has 1 aromatic carbocycles. The Morgan fingerprint density at radius 1 is 1.40 bits per heavy atom. The van der Waals surface area contributed by atoms with Gasteiger partial charge in [0.05, 0.1) is 11.1 Å². The number of carbonyl (C=O) groups excluding carboxylic acids is 1. The molecule has 0 aliphatic carbocycles. The zero-order chi connectivity index (χ0) is 14.7. The van der Waals surface area contributed by atoms with Gasteiger partial charge < -0.3 is 10.2 Å². The number of hydrogen-bond acceptors (Lipinski definition) is 4. The molecule has 1 atom stereocenters. The van der Waals surface area contributed by atoms with Crippen LogP contribution in [0.5, 0.6) is 0 Å². The molecule has 5 heteroatoms. The fraction of sp³-hybridized carbons (Fsp3) is 0.267. The Morgan fingerprint density at radius 2 is 2.10 bits per heavy atom. The molecule has 1 N–H and O–H groups in total. The van der Waals surface area contributed by atoms with E-state index in [0.717, 1.165) is 10.9 Å². The predicted molar refractivity (Wildman–Crippen MR) is 78.2 cm³/mol. The first kappa shape index (κ1) is 13.8. The van der Waals surface area contributed by atoms with Crippen molar-refractivity contribution in [3.8, 4) is 6.07 Å². The average molecular weight is 268 g/mol. The van der Waals surface area contributed by atoms with Gasteiger partial charge in [0.25, 0.3) is 0 Å². The summed E-state index contributed by atoms with van der Waals surface area (Å²) in [5.74, 6) is 0.373. The SMILES string of the molecule is CC(Nc1nc2ccccc2cc1C#N)C(=O)N(C)C. The second-order valence-corrected chi connectivity index (χ2v) is 4.79. The topological polar surface area (TPSA) is 69.0 Å². The lowest BCUT2D eigenvalue weighted by molar-refractivity contribution is -0.129. The number of benzene rings is 1. The fourth-order valence-electron chi connectivity index (χ4n) is 1.97. The van der Waals surface area contributed by atoms with E-state index >= 15 is 0 Å². The molecule has 0 radical (unpaired) electrons. The van der Waals surface area contributed by atoms with Crippen LogP contribution in [0.1, 0.15) is 12.5 Å². The van der Waals surface area contributed by atoms with Gasteiger partial charge >= 0.3 is 0 Å². The van der Waals surface area contributed by atoms with Crippen LogP contribution in [-0.2, 0) is 4.79 Å². The maximum absolute atomic E-state index is 11.9. The number of likely N-dealkylation sites (N-methyl/N-ethyl adjacent to an activating group) is 1. The third-order valence-electron chi connectivity index (χ3n) is 3.01. The molecule has 0 fully saturated rings. The average Bonchev–Trinajstić information content (AvgIpc) is 2.45. The zero-order valence-corrected chi connectivity index (χ0v) is 11.7. The van der Waals surface area contributed by atoms with E-state index in [4.69, 9.17) is 0 Å². The lowest BCUT2D eigenvalue weighted by Gasteiger charge is -2.19. The van der Waals surface area contributed by atoms with Gasteiger partial charge in [-0.05, 0) is 19.1 Å². The van der Waals surface area contributed by atoms with Crippen molar-refractivity contribution in [3.05, 3.63) is 35.9 Å². The largest absolute Gasteiger partial charge is 0.358 e. The minimum absolute atomic E-state index is 0.0659. The molecule has 5 nitrogen and oxygen atoms in total. The maximum Gasteiger partial charge on any atom is 0.244 e. The van der Waals surface area contributed by atoms with E-state index in [0.29, 0.717) is 11.4 Å². The number of fused-ring (bicyclic) bond motifs is 1. The number of para-hydroxylation sites is 1. The van der Waals surface area contributed by atoms with Crippen molar-refractivity contribution in [2.24, 2.45) is 0 Å². The summed E-state index contributed by atoms with van der Waals surface area (Å²) in [6.45, 7) is 1.75. The number of nitrogens with zero attached hydrogens (tertiary/aromatic N) is 3. The number of hydrogen-bond donors (Lipinski definition) is 1. The van der Waals surface area contributed by atoms with Crippen LogP contribution in [0.15, 0.2) is 30.3 Å². The number of aromatic nitrogens is 1.